The second-order valence-electron chi connectivity index (χ2n) is 21.9. The number of aromatic nitrogens is 3. The Morgan fingerprint density at radius 2 is 1.51 bits per heavy atom. The number of unbranched alkanes of at least 4 members (excludes halogenated alkanes) is 1. The molecule has 3 saturated heterocycles. The summed E-state index contributed by atoms with van der Waals surface area (Å²) in [6.45, 7) is 3.37. The number of amides is 8. The molecule has 0 bridgehead atoms. The Hall–Kier alpha value is -8.13. The summed E-state index contributed by atoms with van der Waals surface area (Å²) in [6.07, 6.45) is -12.5. The largest absolute Gasteiger partial charge is 0.504 e. The van der Waals surface area contributed by atoms with Gasteiger partial charge in [-0.15, -0.1) is 0 Å². The number of benzene rings is 3. The van der Waals surface area contributed by atoms with E-state index in [4.69, 9.17) is 24.9 Å². The summed E-state index contributed by atoms with van der Waals surface area (Å²) in [5.41, 5.74) is 6.96. The molecular formula is C56H69N11O21S2. The molecule has 13 unspecified atom stereocenters. The van der Waals surface area contributed by atoms with Crippen LogP contribution < -0.4 is 41.2 Å². The zero-order valence-corrected chi connectivity index (χ0v) is 50.1. The molecule has 3 aliphatic rings. The number of phenols is 1. The second kappa shape index (κ2) is 30.1. The lowest BCUT2D eigenvalue weighted by molar-refractivity contribution is -0.433. The Labute approximate surface area is 520 Å². The standard InChI is InChI=1S/C56H69N11O21S2/c1-4-5-16-85-33-13-10-29(11-14-33)53-64-67-24-35(60-56(67)89-53)27-6-8-28(9-7-27)48(77)59-34-18-31(69)21-58-52(81)44-45(74)25(2)22-66(44)55(83)42(38(72)20-40(57)73)62-51(80)43(47(76)46(75)30-12-15-37(71)39(17-30)86-90-88-87-84)63-50(79)36-19-32(70)23-65(36)54(82)41(26(3)68)61-49(34)78/h6-15,17,24-26,31-32,34,36,38,41-47,68-72,74-76,84H,4-5,16,18-23H2,1-3H3,(H2,57,73)(H,58,81)(H,59,77)(H,61,78)(H,62,80)(H,63,79)/t25?,26?,31?,32?,34-,36?,38?,41?,42?,43?,44?,45?,46?,47?/m0/s1. The average molecular weight is 1300 g/mol. The zero-order valence-electron chi connectivity index (χ0n) is 48.4. The number of hydrogen-bond donors (Lipinski definition) is 15. The Balaban J connectivity index is 1.09. The highest BCUT2D eigenvalue weighted by atomic mass is 32.2. The van der Waals surface area contributed by atoms with E-state index in [1.54, 1.807) is 22.8 Å². The van der Waals surface area contributed by atoms with Gasteiger partial charge in [0.05, 0.1) is 55.4 Å². The molecule has 0 saturated carbocycles. The van der Waals surface area contributed by atoms with Crippen LogP contribution >= 0.6 is 23.7 Å². The lowest BCUT2D eigenvalue weighted by Crippen LogP contribution is -2.64. The molecule has 8 rings (SSSR count). The monoisotopic (exact) mass is 1300 g/mol. The van der Waals surface area contributed by atoms with E-state index in [0.29, 0.717) is 27.8 Å². The fraction of sp³-hybridized carbons (Fsp3) is 0.464. The highest BCUT2D eigenvalue weighted by molar-refractivity contribution is 7.90. The van der Waals surface area contributed by atoms with Gasteiger partial charge in [0.1, 0.15) is 59.2 Å². The molecule has 32 nitrogen and oxygen atoms in total. The number of aromatic hydroxyl groups is 1. The number of hydrogen-bond acceptors (Lipinski definition) is 25. The number of imidazole rings is 1. The van der Waals surface area contributed by atoms with Crippen molar-refractivity contribution in [2.45, 2.75) is 132 Å². The maximum absolute atomic E-state index is 14.7. The third-order valence-corrected chi connectivity index (χ3v) is 16.6. The third kappa shape index (κ3) is 16.1. The number of primary amides is 1. The first-order chi connectivity index (χ1) is 42.9. The van der Waals surface area contributed by atoms with Crippen molar-refractivity contribution < 1.29 is 103 Å². The van der Waals surface area contributed by atoms with Gasteiger partial charge in [0.15, 0.2) is 11.5 Å². The lowest BCUT2D eigenvalue weighted by Gasteiger charge is -2.34. The summed E-state index contributed by atoms with van der Waals surface area (Å²) in [4.78, 5) is 120. The normalized spacial score (nSPS) is 25.4. The van der Waals surface area contributed by atoms with Crippen LogP contribution in [0.15, 0.2) is 72.9 Å². The molecule has 8 amide bonds. The summed E-state index contributed by atoms with van der Waals surface area (Å²) >= 11 is 1.32. The van der Waals surface area contributed by atoms with Crippen molar-refractivity contribution >= 4 is 75.9 Å². The molecule has 2 aromatic heterocycles. The van der Waals surface area contributed by atoms with Crippen LogP contribution in [0.2, 0.25) is 0 Å². The van der Waals surface area contributed by atoms with Gasteiger partial charge in [-0.25, -0.2) is 14.8 Å². The van der Waals surface area contributed by atoms with Crippen molar-refractivity contribution in [1.29, 1.82) is 0 Å². The molecule has 3 aromatic carbocycles. The molecule has 0 radical (unpaired) electrons. The smallest absolute Gasteiger partial charge is 0.261 e. The summed E-state index contributed by atoms with van der Waals surface area (Å²) in [7, 11) is 0. The maximum atomic E-state index is 14.7. The van der Waals surface area contributed by atoms with Crippen molar-refractivity contribution in [2.24, 2.45) is 11.7 Å². The average Bonchev–Trinajstić information content (AvgIpc) is 1.75. The van der Waals surface area contributed by atoms with Crippen molar-refractivity contribution in [3.8, 4) is 39.1 Å². The van der Waals surface area contributed by atoms with E-state index in [0.717, 1.165) is 59.1 Å². The minimum atomic E-state index is -2.53. The number of phenolic OH excluding ortho intramolecular Hbond substituents is 1. The van der Waals surface area contributed by atoms with Gasteiger partial charge < -0.3 is 91.9 Å². The number of carbonyl (C=O) groups is 8. The van der Waals surface area contributed by atoms with E-state index in [9.17, 15) is 79.2 Å². The Morgan fingerprint density at radius 1 is 0.833 bits per heavy atom. The summed E-state index contributed by atoms with van der Waals surface area (Å²) in [5.74, 6) is -11.2. The highest BCUT2D eigenvalue weighted by Crippen LogP contribution is 2.35. The van der Waals surface area contributed by atoms with E-state index in [-0.39, 0.29) is 23.5 Å². The van der Waals surface area contributed by atoms with Gasteiger partial charge >= 0.3 is 0 Å². The van der Waals surface area contributed by atoms with Crippen LogP contribution in [-0.4, -0.2) is 217 Å². The number of nitrogens with two attached hydrogens (primary N) is 1. The SMILES string of the molecule is CCCCOc1ccc(-c2nn3cc(-c4ccc(C(=O)N[C@H]5CC(O)CNC(=O)C6C(O)C(C)CN6C(=O)C(C(O)CC(N)=O)NC(=O)C(C(O)C(O)c6ccc(O)c(OSOOO)c6)NC(=O)C6CC(O)CN6C(=O)C(C(C)O)NC5=O)cc4)nc3s2)cc1. The Kier molecular flexibility index (Phi) is 22.7. The van der Waals surface area contributed by atoms with Crippen molar-refractivity contribution in [3.63, 3.8) is 0 Å². The molecule has 486 valence electrons. The molecule has 5 aromatic rings. The summed E-state index contributed by atoms with van der Waals surface area (Å²) in [6, 6.07) is 4.19. The number of fused-ring (bicyclic) bond motifs is 3. The first-order valence-electron chi connectivity index (χ1n) is 28.4. The van der Waals surface area contributed by atoms with Gasteiger partial charge in [0.25, 0.3) is 18.2 Å². The van der Waals surface area contributed by atoms with Crippen LogP contribution in [0.3, 0.4) is 0 Å². The molecule has 14 atom stereocenters. The van der Waals surface area contributed by atoms with Crippen LogP contribution in [0, 0.1) is 5.92 Å². The number of aliphatic hydroxyl groups is 7. The van der Waals surface area contributed by atoms with Gasteiger partial charge in [0.2, 0.25) is 46.3 Å². The van der Waals surface area contributed by atoms with E-state index < -0.39 is 183 Å². The van der Waals surface area contributed by atoms with Gasteiger partial charge in [-0.2, -0.15) is 5.10 Å². The number of ether oxygens (including phenoxy) is 1. The Morgan fingerprint density at radius 3 is 2.18 bits per heavy atom. The fourth-order valence-electron chi connectivity index (χ4n) is 10.5. The Bertz CT molecular complexity index is 3360. The van der Waals surface area contributed by atoms with Crippen LogP contribution in [0.25, 0.3) is 26.8 Å². The molecule has 16 N–H and O–H groups in total. The minimum absolute atomic E-state index is 0.0126. The van der Waals surface area contributed by atoms with Crippen molar-refractivity contribution in [2.75, 3.05) is 26.2 Å². The molecule has 0 spiro atoms. The van der Waals surface area contributed by atoms with Gasteiger partial charge in [-0.05, 0) is 67.4 Å². The third-order valence-electron chi connectivity index (χ3n) is 15.3. The molecular weight excluding hydrogens is 1230 g/mol. The highest BCUT2D eigenvalue weighted by Gasteiger charge is 2.50. The van der Waals surface area contributed by atoms with Crippen LogP contribution in [0.4, 0.5) is 0 Å². The van der Waals surface area contributed by atoms with E-state index in [1.807, 2.05) is 24.3 Å². The number of rotatable bonds is 19. The van der Waals surface area contributed by atoms with Crippen LogP contribution in [0.5, 0.6) is 17.2 Å². The van der Waals surface area contributed by atoms with Crippen molar-refractivity contribution in [1.82, 2.24) is 51.0 Å². The zero-order chi connectivity index (χ0) is 65.2. The lowest BCUT2D eigenvalue weighted by atomic mass is 9.96. The molecule has 34 heteroatoms. The number of nitrogens with one attached hydrogen (secondary N) is 5. The maximum Gasteiger partial charge on any atom is 0.261 e. The van der Waals surface area contributed by atoms with E-state index in [1.165, 1.54) is 30.4 Å². The summed E-state index contributed by atoms with van der Waals surface area (Å²) in [5, 5.41) is 119. The second-order valence-corrected chi connectivity index (χ2v) is 23.3. The number of β-amino-alcohol motifs (C(OH)–C–C–N with tert-alkyl or cyclic N) is 1. The van der Waals surface area contributed by atoms with Gasteiger partial charge in [0, 0.05) is 55.1 Å². The predicted molar refractivity (Wildman–Crippen MR) is 313 cm³/mol. The fourth-order valence-corrected chi connectivity index (χ4v) is 11.6. The predicted octanol–water partition coefficient (Wildman–Crippen LogP) is -2.31. The van der Waals surface area contributed by atoms with Gasteiger partial charge in [-0.1, -0.05) is 59.2 Å². The number of carbonyl (C=O) groups excluding carboxylic acids is 8. The quantitative estimate of drug-likeness (QED) is 0.0179. The van der Waals surface area contributed by atoms with Gasteiger partial charge in [-0.3, -0.25) is 38.4 Å². The van der Waals surface area contributed by atoms with E-state index >= 15 is 0 Å². The number of aliphatic hydroxyl groups excluding tert-OH is 7. The van der Waals surface area contributed by atoms with Crippen molar-refractivity contribution in [3.05, 3.63) is 84.1 Å². The molecule has 3 fully saturated rings. The first kappa shape index (κ1) is 67.8. The van der Waals surface area contributed by atoms with Crippen LogP contribution in [0.1, 0.15) is 74.9 Å². The topological polar surface area (TPSA) is 478 Å². The molecule has 3 aliphatic heterocycles. The van der Waals surface area contributed by atoms with E-state index in [2.05, 4.69) is 48.0 Å². The molecule has 5 heterocycles. The molecule has 90 heavy (non-hydrogen) atoms. The molecule has 0 aliphatic carbocycles. The first-order valence-corrected chi connectivity index (χ1v) is 29.9. The summed E-state index contributed by atoms with van der Waals surface area (Å²) < 4.78 is 16.6. The number of nitrogens with zero attached hydrogens (tertiary/aromatic N) is 5. The van der Waals surface area contributed by atoms with Crippen LogP contribution in [-0.2, 0) is 42.9 Å². The minimum Gasteiger partial charge on any atom is -0.504 e.